The molecule has 0 amide bonds. The Morgan fingerprint density at radius 3 is 1.80 bits per heavy atom. The van der Waals surface area contributed by atoms with Gasteiger partial charge in [-0.25, -0.2) is 0 Å². The number of hydrogen-bond donors (Lipinski definition) is 2. The lowest BCUT2D eigenvalue weighted by atomic mass is 9.91. The van der Waals surface area contributed by atoms with Crippen LogP contribution in [0.1, 0.15) is 22.9 Å². The standard InChI is InChI=1S/C18H17N5O2/c19-17-21-14(22-18(20)23-17)11-25-16(24)15(12-7-3-1-4-8-12)13-9-5-2-6-10-13/h1-10,15H,11H2,(H4,19,20,21,22,23). The molecule has 25 heavy (non-hydrogen) atoms. The van der Waals surface area contributed by atoms with Gasteiger partial charge in [-0.2, -0.15) is 15.0 Å². The largest absolute Gasteiger partial charge is 0.457 e. The molecule has 3 aromatic rings. The predicted molar refractivity (Wildman–Crippen MR) is 93.2 cm³/mol. The van der Waals surface area contributed by atoms with E-state index >= 15 is 0 Å². The van der Waals surface area contributed by atoms with Crippen molar-refractivity contribution >= 4 is 17.9 Å². The third kappa shape index (κ3) is 4.08. The van der Waals surface area contributed by atoms with Crippen molar-refractivity contribution in [3.63, 3.8) is 0 Å². The Morgan fingerprint density at radius 2 is 1.32 bits per heavy atom. The molecule has 7 nitrogen and oxygen atoms in total. The number of aromatic nitrogens is 3. The van der Waals surface area contributed by atoms with Crippen LogP contribution in [0, 0.1) is 0 Å². The van der Waals surface area contributed by atoms with Crippen LogP contribution in [-0.2, 0) is 16.1 Å². The fourth-order valence-corrected chi connectivity index (χ4v) is 2.50. The third-order valence-electron chi connectivity index (χ3n) is 3.56. The molecule has 4 N–H and O–H groups in total. The molecular weight excluding hydrogens is 318 g/mol. The lowest BCUT2D eigenvalue weighted by molar-refractivity contribution is -0.146. The van der Waals surface area contributed by atoms with Gasteiger partial charge in [0.25, 0.3) is 0 Å². The van der Waals surface area contributed by atoms with E-state index in [9.17, 15) is 4.79 Å². The van der Waals surface area contributed by atoms with Crippen molar-refractivity contribution in [3.05, 3.63) is 77.6 Å². The molecular formula is C18H17N5O2. The number of nitrogens with two attached hydrogens (primary N) is 2. The highest BCUT2D eigenvalue weighted by Gasteiger charge is 2.24. The maximum Gasteiger partial charge on any atom is 0.318 e. The van der Waals surface area contributed by atoms with Gasteiger partial charge in [-0.15, -0.1) is 0 Å². The molecule has 1 aromatic heterocycles. The maximum atomic E-state index is 12.7. The Hall–Kier alpha value is -3.48. The van der Waals surface area contributed by atoms with E-state index in [1.54, 1.807) is 0 Å². The Labute approximate surface area is 144 Å². The number of nitrogens with zero attached hydrogens (tertiary/aromatic N) is 3. The summed E-state index contributed by atoms with van der Waals surface area (Å²) in [6, 6.07) is 18.9. The molecule has 0 aliphatic carbocycles. The summed E-state index contributed by atoms with van der Waals surface area (Å²) in [5.74, 6) is -0.769. The van der Waals surface area contributed by atoms with E-state index in [-0.39, 0.29) is 24.3 Å². The van der Waals surface area contributed by atoms with Crippen LogP contribution in [0.4, 0.5) is 11.9 Å². The van der Waals surface area contributed by atoms with Gasteiger partial charge in [-0.05, 0) is 11.1 Å². The average molecular weight is 335 g/mol. The zero-order valence-electron chi connectivity index (χ0n) is 13.4. The molecule has 0 atom stereocenters. The zero-order chi connectivity index (χ0) is 17.6. The topological polar surface area (TPSA) is 117 Å². The number of carbonyl (C=O) groups excluding carboxylic acids is 1. The number of esters is 1. The quantitative estimate of drug-likeness (QED) is 0.684. The summed E-state index contributed by atoms with van der Waals surface area (Å²) in [5.41, 5.74) is 12.7. The van der Waals surface area contributed by atoms with E-state index in [0.29, 0.717) is 0 Å². The van der Waals surface area contributed by atoms with Crippen LogP contribution in [0.25, 0.3) is 0 Å². The number of anilines is 2. The number of ether oxygens (including phenoxy) is 1. The molecule has 0 aliphatic heterocycles. The molecule has 0 radical (unpaired) electrons. The van der Waals surface area contributed by atoms with Gasteiger partial charge >= 0.3 is 5.97 Å². The van der Waals surface area contributed by atoms with Crippen LogP contribution in [0.3, 0.4) is 0 Å². The van der Waals surface area contributed by atoms with Crippen LogP contribution in [0.2, 0.25) is 0 Å². The first kappa shape index (κ1) is 16.4. The Balaban J connectivity index is 1.82. The van der Waals surface area contributed by atoms with Crippen LogP contribution in [-0.4, -0.2) is 20.9 Å². The Morgan fingerprint density at radius 1 is 0.840 bits per heavy atom. The van der Waals surface area contributed by atoms with Crippen molar-refractivity contribution in [2.45, 2.75) is 12.5 Å². The van der Waals surface area contributed by atoms with Crippen LogP contribution >= 0.6 is 0 Å². The summed E-state index contributed by atoms with van der Waals surface area (Å²) >= 11 is 0. The highest BCUT2D eigenvalue weighted by Crippen LogP contribution is 2.26. The summed E-state index contributed by atoms with van der Waals surface area (Å²) in [7, 11) is 0. The molecule has 0 saturated carbocycles. The summed E-state index contributed by atoms with van der Waals surface area (Å²) in [4.78, 5) is 24.2. The molecule has 0 spiro atoms. The SMILES string of the molecule is Nc1nc(N)nc(COC(=O)C(c2ccccc2)c2ccccc2)n1. The van der Waals surface area contributed by atoms with E-state index in [1.807, 2.05) is 60.7 Å². The minimum absolute atomic E-state index is 0.0128. The molecule has 0 unspecified atom stereocenters. The van der Waals surface area contributed by atoms with Gasteiger partial charge in [0.2, 0.25) is 11.9 Å². The van der Waals surface area contributed by atoms with E-state index in [2.05, 4.69) is 15.0 Å². The second-order valence-electron chi connectivity index (χ2n) is 5.33. The molecule has 0 fully saturated rings. The zero-order valence-corrected chi connectivity index (χ0v) is 13.4. The Bertz CT molecular complexity index is 796. The van der Waals surface area contributed by atoms with Gasteiger partial charge in [0.05, 0.1) is 0 Å². The lowest BCUT2D eigenvalue weighted by Crippen LogP contribution is -2.18. The highest BCUT2D eigenvalue weighted by atomic mass is 16.5. The summed E-state index contributed by atoms with van der Waals surface area (Å²) in [5, 5.41) is 0. The van der Waals surface area contributed by atoms with Gasteiger partial charge in [0.15, 0.2) is 12.4 Å². The summed E-state index contributed by atoms with van der Waals surface area (Å²) < 4.78 is 5.41. The summed E-state index contributed by atoms with van der Waals surface area (Å²) in [6.45, 7) is -0.133. The lowest BCUT2D eigenvalue weighted by Gasteiger charge is -2.16. The van der Waals surface area contributed by atoms with Crippen molar-refractivity contribution in [3.8, 4) is 0 Å². The number of nitrogen functional groups attached to an aromatic ring is 2. The van der Waals surface area contributed by atoms with Gasteiger partial charge in [0, 0.05) is 0 Å². The molecule has 126 valence electrons. The van der Waals surface area contributed by atoms with Gasteiger partial charge in [-0.3, -0.25) is 4.79 Å². The normalized spacial score (nSPS) is 10.6. The number of benzene rings is 2. The van der Waals surface area contributed by atoms with Crippen molar-refractivity contribution in [2.75, 3.05) is 11.5 Å². The van der Waals surface area contributed by atoms with E-state index in [4.69, 9.17) is 16.2 Å². The van der Waals surface area contributed by atoms with Gasteiger partial charge in [0.1, 0.15) is 5.92 Å². The number of hydrogen-bond acceptors (Lipinski definition) is 7. The van der Waals surface area contributed by atoms with Gasteiger partial charge in [-0.1, -0.05) is 60.7 Å². The minimum Gasteiger partial charge on any atom is -0.457 e. The second kappa shape index (κ2) is 7.39. The molecule has 7 heteroatoms. The average Bonchev–Trinajstić information content (AvgIpc) is 2.61. The van der Waals surface area contributed by atoms with Crippen molar-refractivity contribution in [1.82, 2.24) is 15.0 Å². The second-order valence-corrected chi connectivity index (χ2v) is 5.33. The maximum absolute atomic E-state index is 12.7. The van der Waals surface area contributed by atoms with E-state index < -0.39 is 11.9 Å². The van der Waals surface area contributed by atoms with Crippen molar-refractivity contribution in [1.29, 1.82) is 0 Å². The molecule has 0 bridgehead atoms. The fourth-order valence-electron chi connectivity index (χ4n) is 2.50. The first-order valence-corrected chi connectivity index (χ1v) is 7.66. The highest BCUT2D eigenvalue weighted by molar-refractivity contribution is 5.82. The Kier molecular flexibility index (Phi) is 4.84. The smallest absolute Gasteiger partial charge is 0.318 e. The van der Waals surface area contributed by atoms with Crippen LogP contribution in [0.15, 0.2) is 60.7 Å². The van der Waals surface area contributed by atoms with Crippen LogP contribution in [0.5, 0.6) is 0 Å². The molecule has 3 rings (SSSR count). The van der Waals surface area contributed by atoms with Crippen molar-refractivity contribution in [2.24, 2.45) is 0 Å². The van der Waals surface area contributed by atoms with E-state index in [1.165, 1.54) is 0 Å². The monoisotopic (exact) mass is 335 g/mol. The van der Waals surface area contributed by atoms with Gasteiger partial charge < -0.3 is 16.2 Å². The molecule has 0 aliphatic rings. The third-order valence-corrected chi connectivity index (χ3v) is 3.56. The number of rotatable bonds is 5. The van der Waals surface area contributed by atoms with Crippen LogP contribution < -0.4 is 11.5 Å². The predicted octanol–water partition coefficient (Wildman–Crippen LogP) is 1.91. The minimum atomic E-state index is -0.543. The summed E-state index contributed by atoms with van der Waals surface area (Å²) in [6.07, 6.45) is 0. The fraction of sp³-hybridized carbons (Fsp3) is 0.111. The van der Waals surface area contributed by atoms with Crippen molar-refractivity contribution < 1.29 is 9.53 Å². The molecule has 1 heterocycles. The first-order chi connectivity index (χ1) is 12.1. The first-order valence-electron chi connectivity index (χ1n) is 7.66. The molecule has 0 saturated heterocycles. The van der Waals surface area contributed by atoms with E-state index in [0.717, 1.165) is 11.1 Å². The number of carbonyl (C=O) groups is 1. The molecule has 2 aromatic carbocycles.